The first-order valence-electron chi connectivity index (χ1n) is 9.87. The van der Waals surface area contributed by atoms with Crippen molar-refractivity contribution in [2.45, 2.75) is 23.3 Å². The maximum absolute atomic E-state index is 13.6. The molecule has 0 aliphatic carbocycles. The normalized spacial score (nSPS) is 12.2. The standard InChI is InChI=1S/C22H20N2O6S3/c1-3-33(28,29)20-9-5-4-8-17(20)21(25)24(14-15-7-6-12-30-15)22-23-18-11-10-16(32(2,26)27)13-19(18)31-22/h4-13H,3,14H2,1-2H3. The number of carbonyl (C=O) groups is 1. The molecule has 0 aliphatic heterocycles. The van der Waals surface area contributed by atoms with Crippen LogP contribution in [0.15, 0.2) is 75.1 Å². The highest BCUT2D eigenvalue weighted by Crippen LogP contribution is 2.33. The second-order valence-corrected chi connectivity index (χ2v) is 12.5. The summed E-state index contributed by atoms with van der Waals surface area (Å²) in [6, 6.07) is 14.0. The molecule has 0 bridgehead atoms. The first kappa shape index (κ1) is 23.1. The van der Waals surface area contributed by atoms with Crippen LogP contribution in [0.5, 0.6) is 0 Å². The highest BCUT2D eigenvalue weighted by Gasteiger charge is 2.28. The fourth-order valence-electron chi connectivity index (χ4n) is 3.24. The van der Waals surface area contributed by atoms with E-state index in [-0.39, 0.29) is 27.7 Å². The molecule has 4 rings (SSSR count). The molecule has 0 saturated carbocycles. The molecule has 0 fully saturated rings. The van der Waals surface area contributed by atoms with Gasteiger partial charge in [-0.15, -0.1) is 0 Å². The van der Waals surface area contributed by atoms with E-state index in [4.69, 9.17) is 4.42 Å². The SMILES string of the molecule is CCS(=O)(=O)c1ccccc1C(=O)N(Cc1ccco1)c1nc2ccc(S(C)(=O)=O)cc2s1. The van der Waals surface area contributed by atoms with Crippen LogP contribution in [0.2, 0.25) is 0 Å². The number of furan rings is 1. The van der Waals surface area contributed by atoms with Crippen LogP contribution in [0.4, 0.5) is 5.13 Å². The van der Waals surface area contributed by atoms with Gasteiger partial charge in [0.15, 0.2) is 24.8 Å². The Morgan fingerprint density at radius 3 is 2.48 bits per heavy atom. The van der Waals surface area contributed by atoms with Crippen LogP contribution in [0, 0.1) is 0 Å². The van der Waals surface area contributed by atoms with Crippen molar-refractivity contribution in [1.82, 2.24) is 4.98 Å². The van der Waals surface area contributed by atoms with Gasteiger partial charge in [0, 0.05) is 6.26 Å². The van der Waals surface area contributed by atoms with Crippen LogP contribution < -0.4 is 4.90 Å². The summed E-state index contributed by atoms with van der Waals surface area (Å²) in [6.07, 6.45) is 2.60. The molecule has 0 saturated heterocycles. The number of hydrogen-bond donors (Lipinski definition) is 0. The molecule has 0 spiro atoms. The van der Waals surface area contributed by atoms with Crippen molar-refractivity contribution < 1.29 is 26.0 Å². The zero-order valence-corrected chi connectivity index (χ0v) is 20.2. The first-order chi connectivity index (χ1) is 15.6. The number of nitrogens with zero attached hydrogens (tertiary/aromatic N) is 2. The zero-order chi connectivity index (χ0) is 23.8. The monoisotopic (exact) mass is 504 g/mol. The molecular weight excluding hydrogens is 484 g/mol. The maximum Gasteiger partial charge on any atom is 0.261 e. The van der Waals surface area contributed by atoms with E-state index in [2.05, 4.69) is 4.98 Å². The molecule has 2 heterocycles. The van der Waals surface area contributed by atoms with E-state index in [9.17, 15) is 21.6 Å². The highest BCUT2D eigenvalue weighted by atomic mass is 32.2. The molecule has 33 heavy (non-hydrogen) atoms. The molecule has 172 valence electrons. The van der Waals surface area contributed by atoms with Crippen molar-refractivity contribution in [2.75, 3.05) is 16.9 Å². The Morgan fingerprint density at radius 2 is 1.82 bits per heavy atom. The Hall–Kier alpha value is -3.02. The predicted molar refractivity (Wildman–Crippen MR) is 126 cm³/mol. The molecule has 4 aromatic rings. The molecule has 2 aromatic carbocycles. The van der Waals surface area contributed by atoms with Gasteiger partial charge in [-0.25, -0.2) is 21.8 Å². The fourth-order valence-corrected chi connectivity index (χ4v) is 6.05. The van der Waals surface area contributed by atoms with Gasteiger partial charge >= 0.3 is 0 Å². The van der Waals surface area contributed by atoms with Gasteiger partial charge in [0.25, 0.3) is 5.91 Å². The number of sulfone groups is 2. The Morgan fingerprint density at radius 1 is 1.06 bits per heavy atom. The van der Waals surface area contributed by atoms with Gasteiger partial charge in [0.1, 0.15) is 5.76 Å². The molecule has 0 aliphatic rings. The molecule has 8 nitrogen and oxygen atoms in total. The fraction of sp³-hybridized carbons (Fsp3) is 0.182. The van der Waals surface area contributed by atoms with Crippen LogP contribution in [-0.4, -0.2) is 39.7 Å². The minimum Gasteiger partial charge on any atom is -0.467 e. The average Bonchev–Trinajstić information content (AvgIpc) is 3.45. The first-order valence-corrected chi connectivity index (χ1v) is 14.2. The summed E-state index contributed by atoms with van der Waals surface area (Å²) in [7, 11) is -7.07. The Balaban J connectivity index is 1.84. The third-order valence-electron chi connectivity index (χ3n) is 4.98. The Labute approximate surface area is 195 Å². The number of anilines is 1. The number of carbonyl (C=O) groups excluding carboxylic acids is 1. The van der Waals surface area contributed by atoms with Gasteiger partial charge in [-0.1, -0.05) is 30.4 Å². The molecule has 1 amide bonds. The van der Waals surface area contributed by atoms with Gasteiger partial charge in [0.05, 0.1) is 44.1 Å². The number of hydrogen-bond acceptors (Lipinski definition) is 8. The lowest BCUT2D eigenvalue weighted by Gasteiger charge is -2.20. The molecule has 0 unspecified atom stereocenters. The third kappa shape index (κ3) is 4.70. The van der Waals surface area contributed by atoms with Crippen LogP contribution in [0.25, 0.3) is 10.2 Å². The van der Waals surface area contributed by atoms with E-state index in [1.807, 2.05) is 0 Å². The average molecular weight is 505 g/mol. The summed E-state index contributed by atoms with van der Waals surface area (Å²) in [6.45, 7) is 1.54. The number of thiazole rings is 1. The smallest absolute Gasteiger partial charge is 0.261 e. The number of benzene rings is 2. The number of fused-ring (bicyclic) bond motifs is 1. The summed E-state index contributed by atoms with van der Waals surface area (Å²) in [5.74, 6) is -0.220. The lowest BCUT2D eigenvalue weighted by molar-refractivity contribution is 0.0980. The van der Waals surface area contributed by atoms with Crippen LogP contribution in [0.1, 0.15) is 23.0 Å². The summed E-state index contributed by atoms with van der Waals surface area (Å²) < 4.78 is 55.1. The van der Waals surface area contributed by atoms with E-state index >= 15 is 0 Å². The molecule has 11 heteroatoms. The molecular formula is C22H20N2O6S3. The summed E-state index contributed by atoms with van der Waals surface area (Å²) in [4.78, 5) is 19.6. The zero-order valence-electron chi connectivity index (χ0n) is 17.8. The predicted octanol–water partition coefficient (Wildman–Crippen LogP) is 3.93. The minimum absolute atomic E-state index is 0.0189. The number of aromatic nitrogens is 1. The number of rotatable bonds is 7. The van der Waals surface area contributed by atoms with Gasteiger partial charge in [-0.3, -0.25) is 9.69 Å². The van der Waals surface area contributed by atoms with Gasteiger partial charge < -0.3 is 4.42 Å². The van der Waals surface area contributed by atoms with Gasteiger partial charge in [-0.05, 0) is 42.5 Å². The van der Waals surface area contributed by atoms with E-state index in [0.717, 1.165) is 17.6 Å². The van der Waals surface area contributed by atoms with E-state index in [0.29, 0.717) is 21.1 Å². The lowest BCUT2D eigenvalue weighted by atomic mass is 10.2. The van der Waals surface area contributed by atoms with Gasteiger partial charge in [0.2, 0.25) is 0 Å². The second kappa shape index (κ2) is 8.73. The van der Waals surface area contributed by atoms with Crippen LogP contribution in [0.3, 0.4) is 0 Å². The van der Waals surface area contributed by atoms with Crippen molar-refractivity contribution in [3.8, 4) is 0 Å². The van der Waals surface area contributed by atoms with Crippen molar-refractivity contribution >= 4 is 52.3 Å². The van der Waals surface area contributed by atoms with Crippen LogP contribution in [-0.2, 0) is 26.2 Å². The van der Waals surface area contributed by atoms with E-state index in [1.54, 1.807) is 30.3 Å². The van der Waals surface area contributed by atoms with Crippen molar-refractivity contribution in [3.63, 3.8) is 0 Å². The number of amides is 1. The topological polar surface area (TPSA) is 115 Å². The summed E-state index contributed by atoms with van der Waals surface area (Å²) >= 11 is 1.14. The minimum atomic E-state index is -3.65. The van der Waals surface area contributed by atoms with E-state index in [1.165, 1.54) is 42.4 Å². The lowest BCUT2D eigenvalue weighted by Crippen LogP contribution is -2.31. The second-order valence-electron chi connectivity index (χ2n) is 7.27. The Kier molecular flexibility index (Phi) is 6.12. The highest BCUT2D eigenvalue weighted by molar-refractivity contribution is 7.91. The van der Waals surface area contributed by atoms with Crippen molar-refractivity contribution in [2.24, 2.45) is 0 Å². The molecule has 0 N–H and O–H groups in total. The van der Waals surface area contributed by atoms with Crippen molar-refractivity contribution in [1.29, 1.82) is 0 Å². The largest absolute Gasteiger partial charge is 0.467 e. The third-order valence-corrected chi connectivity index (χ3v) is 8.92. The van der Waals surface area contributed by atoms with E-state index < -0.39 is 25.6 Å². The Bertz CT molecular complexity index is 1540. The van der Waals surface area contributed by atoms with Gasteiger partial charge in [-0.2, -0.15) is 0 Å². The molecule has 0 atom stereocenters. The maximum atomic E-state index is 13.6. The molecule has 2 aromatic heterocycles. The molecule has 0 radical (unpaired) electrons. The summed E-state index contributed by atoms with van der Waals surface area (Å²) in [5.41, 5.74) is 0.552. The van der Waals surface area contributed by atoms with Crippen molar-refractivity contribution in [3.05, 3.63) is 72.2 Å². The van der Waals surface area contributed by atoms with Crippen LogP contribution >= 0.6 is 11.3 Å². The quantitative estimate of drug-likeness (QED) is 0.374. The summed E-state index contributed by atoms with van der Waals surface area (Å²) in [5, 5.41) is 0.292.